The van der Waals surface area contributed by atoms with E-state index in [-0.39, 0.29) is 5.91 Å². The van der Waals surface area contributed by atoms with Crippen LogP contribution in [-0.4, -0.2) is 26.6 Å². The Bertz CT molecular complexity index is 888. The zero-order chi connectivity index (χ0) is 17.8. The third-order valence-corrected chi connectivity index (χ3v) is 5.68. The summed E-state index contributed by atoms with van der Waals surface area (Å²) in [5.74, 6) is 1.05. The molecule has 0 bridgehead atoms. The Balaban J connectivity index is 1.74. The first-order valence-electron chi connectivity index (χ1n) is 8.19. The number of hydrogen-bond acceptors (Lipinski definition) is 6. The number of nitrogens with one attached hydrogen (secondary N) is 1. The SMILES string of the molecule is CCCc1nc(SCC(=O)Nc2nc(C)c(C)s2)c2ccccc2n1. The van der Waals surface area contributed by atoms with Gasteiger partial charge in [-0.25, -0.2) is 15.0 Å². The summed E-state index contributed by atoms with van der Waals surface area (Å²) in [6.07, 6.45) is 1.83. The van der Waals surface area contributed by atoms with E-state index in [1.807, 2.05) is 38.1 Å². The van der Waals surface area contributed by atoms with Crippen molar-refractivity contribution in [3.8, 4) is 0 Å². The predicted octanol–water partition coefficient (Wildman–Crippen LogP) is 4.39. The van der Waals surface area contributed by atoms with Crippen LogP contribution in [0.15, 0.2) is 29.3 Å². The molecule has 1 N–H and O–H groups in total. The third kappa shape index (κ3) is 4.35. The number of rotatable bonds is 6. The highest BCUT2D eigenvalue weighted by Crippen LogP contribution is 2.26. The van der Waals surface area contributed by atoms with Crippen molar-refractivity contribution in [1.29, 1.82) is 0 Å². The molecule has 0 atom stereocenters. The summed E-state index contributed by atoms with van der Waals surface area (Å²) in [5, 5.41) is 5.36. The average molecular weight is 373 g/mol. The smallest absolute Gasteiger partial charge is 0.236 e. The van der Waals surface area contributed by atoms with Gasteiger partial charge in [-0.2, -0.15) is 0 Å². The topological polar surface area (TPSA) is 67.8 Å². The number of fused-ring (bicyclic) bond motifs is 1. The molecule has 0 fully saturated rings. The molecule has 3 rings (SSSR count). The largest absolute Gasteiger partial charge is 0.301 e. The second kappa shape index (κ2) is 7.93. The molecule has 0 aliphatic carbocycles. The number of aryl methyl sites for hydroxylation is 3. The molecule has 130 valence electrons. The second-order valence-corrected chi connectivity index (χ2v) is 7.88. The summed E-state index contributed by atoms with van der Waals surface area (Å²) in [7, 11) is 0. The maximum Gasteiger partial charge on any atom is 0.236 e. The number of thiazole rings is 1. The zero-order valence-electron chi connectivity index (χ0n) is 14.5. The van der Waals surface area contributed by atoms with Crippen molar-refractivity contribution in [3.63, 3.8) is 0 Å². The first-order valence-corrected chi connectivity index (χ1v) is 9.99. The molecule has 1 amide bonds. The fourth-order valence-corrected chi connectivity index (χ4v) is 4.02. The van der Waals surface area contributed by atoms with Gasteiger partial charge in [-0.05, 0) is 26.3 Å². The Morgan fingerprint density at radius 1 is 1.20 bits per heavy atom. The standard InChI is InChI=1S/C18H20N4OS2/c1-4-7-15-20-14-9-6-5-8-13(14)17(21-15)24-10-16(23)22-18-19-11(2)12(3)25-18/h5-6,8-9H,4,7,10H2,1-3H3,(H,19,22,23). The number of para-hydroxylation sites is 1. The summed E-state index contributed by atoms with van der Waals surface area (Å²) < 4.78 is 0. The van der Waals surface area contributed by atoms with E-state index in [1.54, 1.807) is 0 Å². The molecule has 0 saturated heterocycles. The molecule has 7 heteroatoms. The molecular weight excluding hydrogens is 352 g/mol. The van der Waals surface area contributed by atoms with E-state index in [4.69, 9.17) is 0 Å². The van der Waals surface area contributed by atoms with Crippen LogP contribution < -0.4 is 5.32 Å². The summed E-state index contributed by atoms with van der Waals surface area (Å²) in [5.41, 5.74) is 1.88. The number of carbonyl (C=O) groups is 1. The summed E-state index contributed by atoms with van der Waals surface area (Å²) in [6.45, 7) is 6.05. The van der Waals surface area contributed by atoms with E-state index in [1.165, 1.54) is 23.1 Å². The van der Waals surface area contributed by atoms with Gasteiger partial charge < -0.3 is 5.32 Å². The van der Waals surface area contributed by atoms with Gasteiger partial charge in [0, 0.05) is 16.7 Å². The number of amides is 1. The summed E-state index contributed by atoms with van der Waals surface area (Å²) >= 11 is 2.94. The Morgan fingerprint density at radius 2 is 2.00 bits per heavy atom. The van der Waals surface area contributed by atoms with Crippen LogP contribution in [-0.2, 0) is 11.2 Å². The molecule has 5 nitrogen and oxygen atoms in total. The van der Waals surface area contributed by atoms with E-state index in [2.05, 4.69) is 27.2 Å². The van der Waals surface area contributed by atoms with Crippen molar-refractivity contribution in [2.75, 3.05) is 11.1 Å². The Hall–Kier alpha value is -1.99. The van der Waals surface area contributed by atoms with Crippen LogP contribution in [0.4, 0.5) is 5.13 Å². The normalized spacial score (nSPS) is 11.0. The van der Waals surface area contributed by atoms with Gasteiger partial charge >= 0.3 is 0 Å². The lowest BCUT2D eigenvalue weighted by Gasteiger charge is -2.08. The minimum absolute atomic E-state index is 0.0708. The average Bonchev–Trinajstić information content (AvgIpc) is 2.90. The van der Waals surface area contributed by atoms with Crippen LogP contribution >= 0.6 is 23.1 Å². The molecule has 0 spiro atoms. The lowest BCUT2D eigenvalue weighted by molar-refractivity contribution is -0.113. The number of carbonyl (C=O) groups excluding carboxylic acids is 1. The van der Waals surface area contributed by atoms with Gasteiger partial charge in [0.1, 0.15) is 10.9 Å². The fourth-order valence-electron chi connectivity index (χ4n) is 2.35. The van der Waals surface area contributed by atoms with Crippen LogP contribution in [0.5, 0.6) is 0 Å². The van der Waals surface area contributed by atoms with E-state index >= 15 is 0 Å². The predicted molar refractivity (Wildman–Crippen MR) is 104 cm³/mol. The Kier molecular flexibility index (Phi) is 5.65. The lowest BCUT2D eigenvalue weighted by atomic mass is 10.2. The van der Waals surface area contributed by atoms with Crippen LogP contribution in [0, 0.1) is 13.8 Å². The molecule has 0 unspecified atom stereocenters. The van der Waals surface area contributed by atoms with Gasteiger partial charge in [-0.15, -0.1) is 11.3 Å². The molecule has 0 aliphatic rings. The Labute approximate surface area is 155 Å². The van der Waals surface area contributed by atoms with Crippen LogP contribution in [0.1, 0.15) is 29.7 Å². The molecule has 0 radical (unpaired) electrons. The molecule has 2 heterocycles. The molecule has 2 aromatic heterocycles. The van der Waals surface area contributed by atoms with Crippen molar-refractivity contribution in [2.24, 2.45) is 0 Å². The number of benzene rings is 1. The van der Waals surface area contributed by atoms with E-state index in [9.17, 15) is 4.79 Å². The molecule has 0 saturated carbocycles. The first-order chi connectivity index (χ1) is 12.1. The third-order valence-electron chi connectivity index (χ3n) is 3.70. The fraction of sp³-hybridized carbons (Fsp3) is 0.333. The number of hydrogen-bond donors (Lipinski definition) is 1. The number of nitrogens with zero attached hydrogens (tertiary/aromatic N) is 3. The highest BCUT2D eigenvalue weighted by molar-refractivity contribution is 8.00. The zero-order valence-corrected chi connectivity index (χ0v) is 16.1. The van der Waals surface area contributed by atoms with Gasteiger partial charge in [0.05, 0.1) is 17.0 Å². The van der Waals surface area contributed by atoms with Crippen molar-refractivity contribution in [1.82, 2.24) is 15.0 Å². The van der Waals surface area contributed by atoms with Gasteiger partial charge in [0.15, 0.2) is 5.13 Å². The molecule has 3 aromatic rings. The minimum atomic E-state index is -0.0708. The van der Waals surface area contributed by atoms with Gasteiger partial charge in [0.25, 0.3) is 0 Å². The highest BCUT2D eigenvalue weighted by Gasteiger charge is 2.12. The maximum absolute atomic E-state index is 12.2. The van der Waals surface area contributed by atoms with Gasteiger partial charge in [-0.1, -0.05) is 36.9 Å². The summed E-state index contributed by atoms with van der Waals surface area (Å²) in [4.78, 5) is 27.0. The molecular formula is C18H20N4OS2. The van der Waals surface area contributed by atoms with Gasteiger partial charge in [0.2, 0.25) is 5.91 Å². The van der Waals surface area contributed by atoms with E-state index in [0.717, 1.165) is 45.2 Å². The van der Waals surface area contributed by atoms with Crippen LogP contribution in [0.25, 0.3) is 10.9 Å². The van der Waals surface area contributed by atoms with Crippen molar-refractivity contribution < 1.29 is 4.79 Å². The van der Waals surface area contributed by atoms with Crippen LogP contribution in [0.3, 0.4) is 0 Å². The maximum atomic E-state index is 12.2. The summed E-state index contributed by atoms with van der Waals surface area (Å²) in [6, 6.07) is 7.93. The van der Waals surface area contributed by atoms with Crippen molar-refractivity contribution >= 4 is 45.0 Å². The minimum Gasteiger partial charge on any atom is -0.301 e. The van der Waals surface area contributed by atoms with Crippen molar-refractivity contribution in [3.05, 3.63) is 40.7 Å². The highest BCUT2D eigenvalue weighted by atomic mass is 32.2. The van der Waals surface area contributed by atoms with Gasteiger partial charge in [-0.3, -0.25) is 4.79 Å². The quantitative estimate of drug-likeness (QED) is 0.513. The Morgan fingerprint density at radius 3 is 2.72 bits per heavy atom. The number of thioether (sulfide) groups is 1. The van der Waals surface area contributed by atoms with Crippen LogP contribution in [0.2, 0.25) is 0 Å². The first kappa shape index (κ1) is 17.8. The molecule has 1 aromatic carbocycles. The second-order valence-electron chi connectivity index (χ2n) is 5.71. The van der Waals surface area contributed by atoms with E-state index < -0.39 is 0 Å². The van der Waals surface area contributed by atoms with Crippen molar-refractivity contribution in [2.45, 2.75) is 38.6 Å². The lowest BCUT2D eigenvalue weighted by Crippen LogP contribution is -2.14. The molecule has 0 aliphatic heterocycles. The number of aromatic nitrogens is 3. The molecule has 25 heavy (non-hydrogen) atoms. The van der Waals surface area contributed by atoms with E-state index in [0.29, 0.717) is 10.9 Å². The number of anilines is 1. The monoisotopic (exact) mass is 372 g/mol.